The Hall–Kier alpha value is -5.46. The highest BCUT2D eigenvalue weighted by Crippen LogP contribution is 2.25. The van der Waals surface area contributed by atoms with Crippen LogP contribution in [0.1, 0.15) is 37.9 Å². The Kier molecular flexibility index (Phi) is 9.55. The van der Waals surface area contributed by atoms with Crippen LogP contribution in [0.25, 0.3) is 10.9 Å². The molecule has 1 aliphatic rings. The van der Waals surface area contributed by atoms with Gasteiger partial charge >= 0.3 is 0 Å². The van der Waals surface area contributed by atoms with Crippen molar-refractivity contribution < 1.29 is 23.2 Å². The molecule has 10 nitrogen and oxygen atoms in total. The normalized spacial score (nSPS) is 14.5. The van der Waals surface area contributed by atoms with Crippen molar-refractivity contribution in [3.8, 4) is 0 Å². The number of rotatable bonds is 10. The number of likely N-dealkylation sites (N-methyl/N-ethyl adjacent to an activating group) is 1. The van der Waals surface area contributed by atoms with Gasteiger partial charge in [-0.1, -0.05) is 36.4 Å². The van der Waals surface area contributed by atoms with Crippen LogP contribution in [0, 0.1) is 11.6 Å². The molecule has 0 bridgehead atoms. The molecule has 48 heavy (non-hydrogen) atoms. The van der Waals surface area contributed by atoms with Crippen molar-refractivity contribution in [2.45, 2.75) is 12.6 Å². The molecule has 5 aromatic rings. The van der Waals surface area contributed by atoms with Crippen LogP contribution in [0.5, 0.6) is 0 Å². The van der Waals surface area contributed by atoms with Gasteiger partial charge in [-0.15, -0.1) is 0 Å². The Morgan fingerprint density at radius 1 is 0.875 bits per heavy atom. The van der Waals surface area contributed by atoms with Crippen LogP contribution in [-0.2, 0) is 11.3 Å². The minimum atomic E-state index is -1.18. The fraction of sp³-hybridized carbons (Fsp3) is 0.222. The van der Waals surface area contributed by atoms with Gasteiger partial charge in [0.05, 0.1) is 13.1 Å². The Bertz CT molecular complexity index is 2040. The van der Waals surface area contributed by atoms with Crippen molar-refractivity contribution in [3.63, 3.8) is 0 Å². The van der Waals surface area contributed by atoms with E-state index in [2.05, 4.69) is 32.5 Å². The number of Topliss-reactive ketones (excluding diaryl/α,β-unsaturated/α-hetero) is 1. The fourth-order valence-corrected chi connectivity index (χ4v) is 5.76. The summed E-state index contributed by atoms with van der Waals surface area (Å²) in [6, 6.07) is 18.7. The van der Waals surface area contributed by atoms with E-state index in [1.54, 1.807) is 54.7 Å². The molecule has 3 N–H and O–H groups in total. The molecule has 2 aromatic heterocycles. The number of aromatic amines is 1. The number of amides is 2. The summed E-state index contributed by atoms with van der Waals surface area (Å²) in [5.41, 5.74) is 1.60. The zero-order chi connectivity index (χ0) is 33.8. The van der Waals surface area contributed by atoms with E-state index in [4.69, 9.17) is 0 Å². The molecule has 2 amide bonds. The molecule has 1 fully saturated rings. The summed E-state index contributed by atoms with van der Waals surface area (Å²) in [5.74, 6) is -3.43. The number of anilines is 1. The van der Waals surface area contributed by atoms with Crippen LogP contribution in [0.15, 0.2) is 96.1 Å². The molecule has 0 aliphatic carbocycles. The zero-order valence-electron chi connectivity index (χ0n) is 26.2. The van der Waals surface area contributed by atoms with Crippen molar-refractivity contribution in [2.24, 2.45) is 0 Å². The van der Waals surface area contributed by atoms with E-state index in [9.17, 15) is 28.0 Å². The molecule has 0 saturated carbocycles. The Balaban J connectivity index is 1.21. The van der Waals surface area contributed by atoms with Gasteiger partial charge in [0.1, 0.15) is 11.6 Å². The van der Waals surface area contributed by atoms with E-state index >= 15 is 0 Å². The number of pyridine rings is 1. The quantitative estimate of drug-likeness (QED) is 0.195. The van der Waals surface area contributed by atoms with Crippen LogP contribution in [-0.4, -0.2) is 76.7 Å². The number of piperazine rings is 1. The number of carbonyl (C=O) groups excluding carboxylic acids is 3. The summed E-state index contributed by atoms with van der Waals surface area (Å²) < 4.78 is 28.4. The molecular weight excluding hydrogens is 618 g/mol. The monoisotopic (exact) mass is 652 g/mol. The van der Waals surface area contributed by atoms with E-state index in [-0.39, 0.29) is 17.9 Å². The van der Waals surface area contributed by atoms with Gasteiger partial charge in [0.15, 0.2) is 17.4 Å². The first-order valence-corrected chi connectivity index (χ1v) is 15.5. The predicted molar refractivity (Wildman–Crippen MR) is 178 cm³/mol. The number of aromatic nitrogens is 2. The lowest BCUT2D eigenvalue weighted by atomic mass is 10.0. The summed E-state index contributed by atoms with van der Waals surface area (Å²) >= 11 is 0. The smallest absolute Gasteiger partial charge is 0.263 e. The molecule has 246 valence electrons. The van der Waals surface area contributed by atoms with E-state index in [0.29, 0.717) is 34.3 Å². The molecule has 1 atom stereocenters. The Morgan fingerprint density at radius 3 is 2.40 bits per heavy atom. The van der Waals surface area contributed by atoms with Gasteiger partial charge < -0.3 is 25.1 Å². The molecular formula is C36H34F2N6O4. The molecule has 3 heterocycles. The number of H-pyrrole nitrogens is 1. The highest BCUT2D eigenvalue weighted by atomic mass is 19.2. The number of halogens is 2. The number of ketones is 1. The molecule has 0 spiro atoms. The van der Waals surface area contributed by atoms with Crippen molar-refractivity contribution in [3.05, 3.63) is 135 Å². The van der Waals surface area contributed by atoms with Gasteiger partial charge in [0.25, 0.3) is 17.4 Å². The minimum Gasteiger partial charge on any atom is -0.360 e. The van der Waals surface area contributed by atoms with Crippen LogP contribution < -0.4 is 16.2 Å². The molecule has 1 saturated heterocycles. The van der Waals surface area contributed by atoms with Crippen molar-refractivity contribution in [1.29, 1.82) is 0 Å². The standard InChI is InChI=1S/C36H34F2N6O4/c1-42-14-16-43(17-15-42)22-32(45)28-20-39-31-12-10-25(19-27(28)31)40-35(47)33(24-6-3-2-4-7-24)41-34(46)26-8-5-13-44(36(26)48)21-23-9-11-29(37)30(38)18-23/h2-13,18-20,33,39H,14-17,21-22H2,1H3,(H,40,47)(H,41,46)/t33-/m1/s1. The molecule has 1 aliphatic heterocycles. The first-order chi connectivity index (χ1) is 23.2. The minimum absolute atomic E-state index is 0.0261. The van der Waals surface area contributed by atoms with Gasteiger partial charge in [-0.3, -0.25) is 24.1 Å². The highest BCUT2D eigenvalue weighted by molar-refractivity contribution is 6.10. The third kappa shape index (κ3) is 7.24. The summed E-state index contributed by atoms with van der Waals surface area (Å²) in [4.78, 5) is 61.3. The predicted octanol–water partition coefficient (Wildman–Crippen LogP) is 4.20. The zero-order valence-corrected chi connectivity index (χ0v) is 26.2. The number of fused-ring (bicyclic) bond motifs is 1. The molecule has 3 aromatic carbocycles. The van der Waals surface area contributed by atoms with E-state index < -0.39 is 35.0 Å². The van der Waals surface area contributed by atoms with Crippen LogP contribution in [0.4, 0.5) is 14.5 Å². The van der Waals surface area contributed by atoms with Gasteiger partial charge in [-0.05, 0) is 60.6 Å². The maximum atomic E-state index is 13.8. The Morgan fingerprint density at radius 2 is 1.65 bits per heavy atom. The average Bonchev–Trinajstić information content (AvgIpc) is 3.51. The van der Waals surface area contributed by atoms with Crippen molar-refractivity contribution in [2.75, 3.05) is 45.1 Å². The highest BCUT2D eigenvalue weighted by Gasteiger charge is 2.26. The largest absolute Gasteiger partial charge is 0.360 e. The second kappa shape index (κ2) is 14.1. The fourth-order valence-electron chi connectivity index (χ4n) is 5.76. The molecule has 0 unspecified atom stereocenters. The first kappa shape index (κ1) is 32.5. The van der Waals surface area contributed by atoms with Gasteiger partial charge in [-0.2, -0.15) is 0 Å². The maximum Gasteiger partial charge on any atom is 0.263 e. The molecule has 12 heteroatoms. The van der Waals surface area contributed by atoms with Crippen LogP contribution in [0.2, 0.25) is 0 Å². The van der Waals surface area contributed by atoms with E-state index in [0.717, 1.165) is 43.8 Å². The lowest BCUT2D eigenvalue weighted by Gasteiger charge is -2.31. The van der Waals surface area contributed by atoms with Crippen LogP contribution in [0.3, 0.4) is 0 Å². The third-order valence-electron chi connectivity index (χ3n) is 8.49. The second-order valence-electron chi connectivity index (χ2n) is 11.9. The SMILES string of the molecule is CN1CCN(CC(=O)c2c[nH]c3ccc(NC(=O)[C@H](NC(=O)c4cccn(Cc5ccc(F)c(F)c5)c4=O)c4ccccc4)cc23)CC1. The number of hydrogen-bond acceptors (Lipinski definition) is 6. The lowest BCUT2D eigenvalue weighted by Crippen LogP contribution is -2.46. The number of hydrogen-bond donors (Lipinski definition) is 3. The topological polar surface area (TPSA) is 120 Å². The summed E-state index contributed by atoms with van der Waals surface area (Å²) in [5, 5.41) is 6.21. The lowest BCUT2D eigenvalue weighted by molar-refractivity contribution is -0.118. The average molecular weight is 653 g/mol. The van der Waals surface area contributed by atoms with Gasteiger partial charge in [-0.25, -0.2) is 8.78 Å². The summed E-state index contributed by atoms with van der Waals surface area (Å²) in [6.45, 7) is 3.61. The maximum absolute atomic E-state index is 13.8. The van der Waals surface area contributed by atoms with Gasteiger partial charge in [0, 0.05) is 60.7 Å². The van der Waals surface area contributed by atoms with Gasteiger partial charge in [0.2, 0.25) is 0 Å². The van der Waals surface area contributed by atoms with Crippen LogP contribution >= 0.6 is 0 Å². The number of nitrogens with zero attached hydrogens (tertiary/aromatic N) is 3. The molecule has 0 radical (unpaired) electrons. The number of nitrogens with one attached hydrogen (secondary N) is 3. The van der Waals surface area contributed by atoms with E-state index in [1.807, 2.05) is 0 Å². The third-order valence-corrected chi connectivity index (χ3v) is 8.49. The number of carbonyl (C=O) groups is 3. The second-order valence-corrected chi connectivity index (χ2v) is 11.9. The summed E-state index contributed by atoms with van der Waals surface area (Å²) in [6.07, 6.45) is 3.12. The Labute approximate surface area is 275 Å². The first-order valence-electron chi connectivity index (χ1n) is 15.5. The van der Waals surface area contributed by atoms with E-state index in [1.165, 1.54) is 29.0 Å². The summed E-state index contributed by atoms with van der Waals surface area (Å²) in [7, 11) is 2.06. The molecule has 6 rings (SSSR count). The number of benzene rings is 3. The van der Waals surface area contributed by atoms with Crippen molar-refractivity contribution in [1.82, 2.24) is 24.7 Å². The van der Waals surface area contributed by atoms with Crippen molar-refractivity contribution >= 4 is 34.2 Å².